The lowest BCUT2D eigenvalue weighted by Gasteiger charge is -2.37. The van der Waals surface area contributed by atoms with Gasteiger partial charge in [0.15, 0.2) is 8.32 Å². The zero-order valence-corrected chi connectivity index (χ0v) is 24.7. The summed E-state index contributed by atoms with van der Waals surface area (Å²) >= 11 is 0. The fourth-order valence-corrected chi connectivity index (χ4v) is 5.51. The Bertz CT molecular complexity index is 1210. The Hall–Kier alpha value is -3.37. The van der Waals surface area contributed by atoms with E-state index in [4.69, 9.17) is 13.9 Å². The molecular weight excluding hydrogens is 514 g/mol. The van der Waals surface area contributed by atoms with Gasteiger partial charge in [0.05, 0.1) is 31.4 Å². The van der Waals surface area contributed by atoms with E-state index in [9.17, 15) is 14.4 Å². The molecule has 2 aromatic rings. The van der Waals surface area contributed by atoms with Gasteiger partial charge in [-0.25, -0.2) is 9.59 Å². The highest BCUT2D eigenvalue weighted by molar-refractivity contribution is 6.74. The highest BCUT2D eigenvalue weighted by atomic mass is 28.4. The van der Waals surface area contributed by atoms with Gasteiger partial charge in [0.2, 0.25) is 5.91 Å². The number of hydrogen-bond donors (Lipinski definition) is 1. The lowest BCUT2D eigenvalue weighted by atomic mass is 10.1. The molecule has 0 radical (unpaired) electrons. The maximum atomic E-state index is 13.4. The van der Waals surface area contributed by atoms with Crippen LogP contribution in [0.25, 0.3) is 0 Å². The van der Waals surface area contributed by atoms with Crippen LogP contribution in [0.3, 0.4) is 0 Å². The maximum Gasteiger partial charge on any atom is 0.414 e. The number of nitrogens with zero attached hydrogens (tertiary/aromatic N) is 2. The molecule has 2 heterocycles. The Morgan fingerprint density at radius 2 is 1.85 bits per heavy atom. The van der Waals surface area contributed by atoms with Crippen molar-refractivity contribution in [1.29, 1.82) is 0 Å². The third kappa shape index (κ3) is 6.62. The first-order valence-electron chi connectivity index (χ1n) is 13.3. The van der Waals surface area contributed by atoms with Crippen molar-refractivity contribution < 1.29 is 28.3 Å². The van der Waals surface area contributed by atoms with Crippen molar-refractivity contribution in [1.82, 2.24) is 5.32 Å². The molecule has 0 aromatic heterocycles. The standard InChI is InChI=1S/C29H39N3O6Si/c1-20(33)30-16-25-17-31(27(34)38-25)23-12-13-26-22(14-23)15-24(19-37-39(5,6)29(2,3)4)32(26)28(35)36-18-21-10-8-7-9-11-21/h7-14,24-25H,15-19H2,1-6H3,(H,30,33). The monoisotopic (exact) mass is 553 g/mol. The number of ether oxygens (including phenoxy) is 2. The zero-order chi connectivity index (χ0) is 28.4. The van der Waals surface area contributed by atoms with E-state index in [1.54, 1.807) is 9.80 Å². The molecule has 0 aliphatic carbocycles. The molecule has 4 rings (SSSR count). The topological polar surface area (TPSA) is 97.4 Å². The molecule has 2 aliphatic rings. The van der Waals surface area contributed by atoms with Gasteiger partial charge in [-0.1, -0.05) is 51.1 Å². The lowest BCUT2D eigenvalue weighted by molar-refractivity contribution is -0.119. The van der Waals surface area contributed by atoms with Crippen molar-refractivity contribution in [3.05, 3.63) is 59.7 Å². The summed E-state index contributed by atoms with van der Waals surface area (Å²) in [5.74, 6) is -0.174. The van der Waals surface area contributed by atoms with Gasteiger partial charge in [0, 0.05) is 12.6 Å². The summed E-state index contributed by atoms with van der Waals surface area (Å²) in [5.41, 5.74) is 3.29. The molecule has 1 saturated heterocycles. The van der Waals surface area contributed by atoms with Crippen LogP contribution < -0.4 is 15.1 Å². The summed E-state index contributed by atoms with van der Waals surface area (Å²) in [6.07, 6.45) is -0.730. The van der Waals surface area contributed by atoms with Gasteiger partial charge < -0.3 is 19.2 Å². The van der Waals surface area contributed by atoms with Gasteiger partial charge in [-0.15, -0.1) is 0 Å². The van der Waals surface area contributed by atoms with Crippen LogP contribution in [-0.4, -0.2) is 58.3 Å². The van der Waals surface area contributed by atoms with E-state index >= 15 is 0 Å². The summed E-state index contributed by atoms with van der Waals surface area (Å²) < 4.78 is 17.7. The molecule has 39 heavy (non-hydrogen) atoms. The molecule has 2 atom stereocenters. The van der Waals surface area contributed by atoms with Crippen LogP contribution in [0.15, 0.2) is 48.5 Å². The number of carbonyl (C=O) groups excluding carboxylic acids is 3. The average molecular weight is 554 g/mol. The third-order valence-corrected chi connectivity index (χ3v) is 12.3. The highest BCUT2D eigenvalue weighted by Gasteiger charge is 2.41. The predicted octanol–water partition coefficient (Wildman–Crippen LogP) is 5.24. The molecule has 3 amide bonds. The Kier molecular flexibility index (Phi) is 8.36. The number of benzene rings is 2. The van der Waals surface area contributed by atoms with Crippen molar-refractivity contribution in [2.24, 2.45) is 0 Å². The minimum Gasteiger partial charge on any atom is -0.444 e. The molecule has 2 unspecified atom stereocenters. The quantitative estimate of drug-likeness (QED) is 0.449. The summed E-state index contributed by atoms with van der Waals surface area (Å²) in [5, 5.41) is 2.73. The molecule has 2 aliphatic heterocycles. The molecule has 10 heteroatoms. The number of cyclic esters (lactones) is 1. The lowest BCUT2D eigenvalue weighted by Crippen LogP contribution is -2.47. The van der Waals surface area contributed by atoms with Crippen LogP contribution >= 0.6 is 0 Å². The summed E-state index contributed by atoms with van der Waals surface area (Å²) in [4.78, 5) is 40.5. The van der Waals surface area contributed by atoms with Crippen LogP contribution in [0.4, 0.5) is 21.0 Å². The minimum atomic E-state index is -2.05. The second-order valence-electron chi connectivity index (χ2n) is 11.7. The first-order valence-corrected chi connectivity index (χ1v) is 16.3. The van der Waals surface area contributed by atoms with Crippen LogP contribution in [0, 0.1) is 0 Å². The second kappa shape index (κ2) is 11.4. The largest absolute Gasteiger partial charge is 0.444 e. The van der Waals surface area contributed by atoms with Gasteiger partial charge in [-0.3, -0.25) is 14.6 Å². The number of rotatable bonds is 8. The Labute approximate surface area is 231 Å². The SMILES string of the molecule is CC(=O)NCC1CN(c2ccc3c(c2)CC(CO[Si](C)(C)C(C)(C)C)N3C(=O)OCc2ccccc2)C(=O)O1. The van der Waals surface area contributed by atoms with E-state index in [2.05, 4.69) is 39.2 Å². The van der Waals surface area contributed by atoms with Crippen molar-refractivity contribution in [3.63, 3.8) is 0 Å². The van der Waals surface area contributed by atoms with Crippen LogP contribution in [0.2, 0.25) is 18.1 Å². The molecule has 0 bridgehead atoms. The van der Waals surface area contributed by atoms with Crippen molar-refractivity contribution >= 4 is 37.8 Å². The van der Waals surface area contributed by atoms with E-state index < -0.39 is 26.6 Å². The van der Waals surface area contributed by atoms with Crippen molar-refractivity contribution in [2.45, 2.75) is 71.0 Å². The van der Waals surface area contributed by atoms with Crippen molar-refractivity contribution in [3.8, 4) is 0 Å². The number of carbonyl (C=O) groups is 3. The fraction of sp³-hybridized carbons (Fsp3) is 0.483. The maximum absolute atomic E-state index is 13.4. The number of nitrogens with one attached hydrogen (secondary N) is 1. The van der Waals surface area contributed by atoms with E-state index in [0.29, 0.717) is 25.3 Å². The Morgan fingerprint density at radius 3 is 2.51 bits per heavy atom. The van der Waals surface area contributed by atoms with Gasteiger partial charge >= 0.3 is 12.2 Å². The van der Waals surface area contributed by atoms with Gasteiger partial charge in [0.25, 0.3) is 0 Å². The molecule has 0 saturated carbocycles. The first kappa shape index (κ1) is 28.6. The molecule has 2 aromatic carbocycles. The molecule has 1 fully saturated rings. The molecule has 9 nitrogen and oxygen atoms in total. The zero-order valence-electron chi connectivity index (χ0n) is 23.7. The fourth-order valence-electron chi connectivity index (χ4n) is 4.47. The normalized spacial score (nSPS) is 19.1. The Balaban J connectivity index is 1.54. The summed E-state index contributed by atoms with van der Waals surface area (Å²) in [6, 6.07) is 15.0. The van der Waals surface area contributed by atoms with Gasteiger partial charge in [-0.2, -0.15) is 0 Å². The first-order chi connectivity index (χ1) is 18.4. The molecule has 1 N–H and O–H groups in total. The van der Waals surface area contributed by atoms with Gasteiger partial charge in [0.1, 0.15) is 12.7 Å². The van der Waals surface area contributed by atoms with Crippen molar-refractivity contribution in [2.75, 3.05) is 29.5 Å². The number of anilines is 2. The molecular formula is C29H39N3O6Si. The number of hydrogen-bond acceptors (Lipinski definition) is 6. The van der Waals surface area contributed by atoms with E-state index in [1.807, 2.05) is 48.5 Å². The summed E-state index contributed by atoms with van der Waals surface area (Å²) in [7, 11) is -2.05. The summed E-state index contributed by atoms with van der Waals surface area (Å²) in [6.45, 7) is 13.6. The van der Waals surface area contributed by atoms with Crippen LogP contribution in [-0.2, 0) is 31.7 Å². The average Bonchev–Trinajstić information content (AvgIpc) is 3.44. The van der Waals surface area contributed by atoms with Crippen LogP contribution in [0.5, 0.6) is 0 Å². The van der Waals surface area contributed by atoms with E-state index in [0.717, 1.165) is 16.8 Å². The second-order valence-corrected chi connectivity index (χ2v) is 16.5. The number of fused-ring (bicyclic) bond motifs is 1. The third-order valence-electron chi connectivity index (χ3n) is 7.75. The smallest absolute Gasteiger partial charge is 0.414 e. The molecule has 210 valence electrons. The van der Waals surface area contributed by atoms with Crippen LogP contribution in [0.1, 0.15) is 38.8 Å². The minimum absolute atomic E-state index is 0.0359. The predicted molar refractivity (Wildman–Crippen MR) is 152 cm³/mol. The van der Waals surface area contributed by atoms with E-state index in [-0.39, 0.29) is 30.1 Å². The Morgan fingerprint density at radius 1 is 1.13 bits per heavy atom. The van der Waals surface area contributed by atoms with E-state index in [1.165, 1.54) is 6.92 Å². The number of amides is 3. The highest BCUT2D eigenvalue weighted by Crippen LogP contribution is 2.40. The van der Waals surface area contributed by atoms with Gasteiger partial charge in [-0.05, 0) is 53.9 Å². The molecule has 0 spiro atoms.